The summed E-state index contributed by atoms with van der Waals surface area (Å²) < 4.78 is 6.61. The van der Waals surface area contributed by atoms with Gasteiger partial charge in [0.25, 0.3) is 11.8 Å². The fraction of sp³-hybridized carbons (Fsp3) is 0.250. The smallest absolute Gasteiger partial charge is 0.335 e. The first kappa shape index (κ1) is 18.5. The van der Waals surface area contributed by atoms with Crippen LogP contribution in [0.1, 0.15) is 24.2 Å². The van der Waals surface area contributed by atoms with E-state index in [1.165, 1.54) is 6.08 Å². The maximum atomic E-state index is 12.9. The SMILES string of the molecule is Cc1ccc(N2C(=O)NC(=O)/C(=C\c3cc(Br)c(N4CCCC4)o3)C2=O)cc1. The number of benzene rings is 1. The van der Waals surface area contributed by atoms with Gasteiger partial charge in [-0.1, -0.05) is 17.7 Å². The summed E-state index contributed by atoms with van der Waals surface area (Å²) in [5.74, 6) is -0.383. The van der Waals surface area contributed by atoms with Crippen molar-refractivity contribution in [1.29, 1.82) is 0 Å². The third-order valence-electron chi connectivity index (χ3n) is 4.76. The predicted octanol–water partition coefficient (Wildman–Crippen LogP) is 3.62. The number of rotatable bonds is 3. The van der Waals surface area contributed by atoms with E-state index in [1.54, 1.807) is 30.3 Å². The van der Waals surface area contributed by atoms with Crippen molar-refractivity contribution >= 4 is 51.4 Å². The average Bonchev–Trinajstić information content (AvgIpc) is 3.29. The third-order valence-corrected chi connectivity index (χ3v) is 5.33. The fourth-order valence-electron chi connectivity index (χ4n) is 3.31. The lowest BCUT2D eigenvalue weighted by Gasteiger charge is -2.26. The van der Waals surface area contributed by atoms with Gasteiger partial charge in [0.05, 0.1) is 10.2 Å². The minimum Gasteiger partial charge on any atom is -0.440 e. The molecule has 0 bridgehead atoms. The van der Waals surface area contributed by atoms with Crippen molar-refractivity contribution in [3.05, 3.63) is 51.7 Å². The first-order valence-corrected chi connectivity index (χ1v) is 9.76. The Labute approximate surface area is 170 Å². The van der Waals surface area contributed by atoms with Gasteiger partial charge in [-0.3, -0.25) is 14.9 Å². The Bertz CT molecular complexity index is 987. The molecule has 4 rings (SSSR count). The molecule has 0 atom stereocenters. The molecule has 2 aliphatic rings. The summed E-state index contributed by atoms with van der Waals surface area (Å²) in [5, 5.41) is 2.21. The minimum absolute atomic E-state index is 0.158. The molecule has 2 aliphatic heterocycles. The Morgan fingerprint density at radius 1 is 1.11 bits per heavy atom. The van der Waals surface area contributed by atoms with E-state index in [0.717, 1.165) is 40.9 Å². The highest BCUT2D eigenvalue weighted by Gasteiger charge is 2.37. The summed E-state index contributed by atoms with van der Waals surface area (Å²) >= 11 is 3.47. The van der Waals surface area contributed by atoms with Gasteiger partial charge in [0.15, 0.2) is 0 Å². The highest BCUT2D eigenvalue weighted by molar-refractivity contribution is 9.10. The van der Waals surface area contributed by atoms with Gasteiger partial charge >= 0.3 is 6.03 Å². The van der Waals surface area contributed by atoms with E-state index in [9.17, 15) is 14.4 Å². The third kappa shape index (κ3) is 3.35. The lowest BCUT2D eigenvalue weighted by Crippen LogP contribution is -2.54. The Morgan fingerprint density at radius 3 is 2.46 bits per heavy atom. The molecule has 144 valence electrons. The largest absolute Gasteiger partial charge is 0.440 e. The van der Waals surface area contributed by atoms with Crippen LogP contribution < -0.4 is 15.1 Å². The molecule has 28 heavy (non-hydrogen) atoms. The average molecular weight is 444 g/mol. The summed E-state index contributed by atoms with van der Waals surface area (Å²) in [6.07, 6.45) is 3.56. The molecule has 7 nitrogen and oxygen atoms in total. The van der Waals surface area contributed by atoms with Crippen molar-refractivity contribution in [3.63, 3.8) is 0 Å². The molecule has 0 radical (unpaired) electrons. The molecule has 2 fully saturated rings. The predicted molar refractivity (Wildman–Crippen MR) is 108 cm³/mol. The molecule has 2 aromatic rings. The number of nitrogens with one attached hydrogen (secondary N) is 1. The molecular weight excluding hydrogens is 426 g/mol. The first-order valence-electron chi connectivity index (χ1n) is 8.96. The van der Waals surface area contributed by atoms with Gasteiger partial charge < -0.3 is 9.32 Å². The fourth-order valence-corrected chi connectivity index (χ4v) is 3.87. The van der Waals surface area contributed by atoms with Crippen LogP contribution in [-0.2, 0) is 9.59 Å². The lowest BCUT2D eigenvalue weighted by atomic mass is 10.1. The number of barbiturate groups is 1. The zero-order valence-electron chi connectivity index (χ0n) is 15.2. The van der Waals surface area contributed by atoms with Crippen LogP contribution >= 0.6 is 15.9 Å². The second-order valence-corrected chi connectivity index (χ2v) is 7.64. The standard InChI is InChI=1S/C20H18BrN3O4/c1-12-4-6-13(7-5-12)24-18(26)15(17(25)22-20(24)27)10-14-11-16(21)19(28-14)23-8-2-3-9-23/h4-7,10-11H,2-3,8-9H2,1H3,(H,22,25,27)/b15-10+. The Balaban J connectivity index is 1.67. The van der Waals surface area contributed by atoms with Crippen LogP contribution in [0.15, 0.2) is 44.8 Å². The Morgan fingerprint density at radius 2 is 1.79 bits per heavy atom. The molecule has 1 aromatic heterocycles. The van der Waals surface area contributed by atoms with Crippen LogP contribution in [0.25, 0.3) is 6.08 Å². The summed E-state index contributed by atoms with van der Waals surface area (Å²) in [4.78, 5) is 40.5. The van der Waals surface area contributed by atoms with Crippen LogP contribution in [-0.4, -0.2) is 30.9 Å². The maximum Gasteiger partial charge on any atom is 0.335 e. The number of urea groups is 1. The topological polar surface area (TPSA) is 82.9 Å². The van der Waals surface area contributed by atoms with E-state index in [-0.39, 0.29) is 5.57 Å². The minimum atomic E-state index is -0.769. The molecule has 1 aromatic carbocycles. The molecule has 8 heteroatoms. The summed E-state index contributed by atoms with van der Waals surface area (Å²) in [6.45, 7) is 3.71. The van der Waals surface area contributed by atoms with Crippen LogP contribution in [0.4, 0.5) is 16.4 Å². The van der Waals surface area contributed by atoms with Gasteiger partial charge in [0.2, 0.25) is 5.88 Å². The van der Waals surface area contributed by atoms with E-state index in [4.69, 9.17) is 4.42 Å². The van der Waals surface area contributed by atoms with Gasteiger partial charge in [-0.05, 0) is 53.9 Å². The number of amides is 4. The normalized spacial score (nSPS) is 18.9. The van der Waals surface area contributed by atoms with Crippen molar-refractivity contribution in [2.75, 3.05) is 22.9 Å². The molecule has 4 amide bonds. The molecular formula is C20H18BrN3O4. The summed E-state index contributed by atoms with van der Waals surface area (Å²) in [7, 11) is 0. The van der Waals surface area contributed by atoms with Crippen LogP contribution in [0, 0.1) is 6.92 Å². The van der Waals surface area contributed by atoms with Gasteiger partial charge in [-0.15, -0.1) is 0 Å². The lowest BCUT2D eigenvalue weighted by molar-refractivity contribution is -0.122. The van der Waals surface area contributed by atoms with Gasteiger partial charge in [0, 0.05) is 19.2 Å². The molecule has 0 saturated carbocycles. The van der Waals surface area contributed by atoms with Gasteiger partial charge in [-0.25, -0.2) is 9.69 Å². The highest BCUT2D eigenvalue weighted by atomic mass is 79.9. The molecule has 0 spiro atoms. The first-order chi connectivity index (χ1) is 13.4. The van der Waals surface area contributed by atoms with E-state index >= 15 is 0 Å². The number of carbonyl (C=O) groups excluding carboxylic acids is 3. The molecule has 0 aliphatic carbocycles. The van der Waals surface area contributed by atoms with Crippen LogP contribution in [0.2, 0.25) is 0 Å². The number of imide groups is 2. The molecule has 1 N–H and O–H groups in total. The maximum absolute atomic E-state index is 12.9. The number of aryl methyl sites for hydroxylation is 1. The Kier molecular flexibility index (Phi) is 4.80. The molecule has 0 unspecified atom stereocenters. The quantitative estimate of drug-likeness (QED) is 0.578. The zero-order chi connectivity index (χ0) is 19.8. The number of hydrogen-bond donors (Lipinski definition) is 1. The van der Waals surface area contributed by atoms with Crippen molar-refractivity contribution in [1.82, 2.24) is 5.32 Å². The van der Waals surface area contributed by atoms with Crippen molar-refractivity contribution in [2.45, 2.75) is 19.8 Å². The molecule has 3 heterocycles. The van der Waals surface area contributed by atoms with Gasteiger partial charge in [0.1, 0.15) is 11.3 Å². The number of anilines is 2. The monoisotopic (exact) mass is 443 g/mol. The van der Waals surface area contributed by atoms with Crippen LogP contribution in [0.3, 0.4) is 0 Å². The summed E-state index contributed by atoms with van der Waals surface area (Å²) in [6, 6.07) is 7.86. The number of carbonyl (C=O) groups is 3. The van der Waals surface area contributed by atoms with Crippen molar-refractivity contribution in [3.8, 4) is 0 Å². The number of nitrogens with zero attached hydrogens (tertiary/aromatic N) is 2. The zero-order valence-corrected chi connectivity index (χ0v) is 16.8. The number of hydrogen-bond acceptors (Lipinski definition) is 5. The number of halogens is 1. The van der Waals surface area contributed by atoms with E-state index in [1.807, 2.05) is 6.92 Å². The second kappa shape index (κ2) is 7.27. The number of furan rings is 1. The molecule has 2 saturated heterocycles. The van der Waals surface area contributed by atoms with Gasteiger partial charge in [-0.2, -0.15) is 0 Å². The van der Waals surface area contributed by atoms with E-state index in [2.05, 4.69) is 26.1 Å². The highest BCUT2D eigenvalue weighted by Crippen LogP contribution is 2.33. The Hall–Kier alpha value is -2.87. The second-order valence-electron chi connectivity index (χ2n) is 6.79. The van der Waals surface area contributed by atoms with Crippen LogP contribution in [0.5, 0.6) is 0 Å². The van der Waals surface area contributed by atoms with Crippen molar-refractivity contribution in [2.24, 2.45) is 0 Å². The van der Waals surface area contributed by atoms with E-state index in [0.29, 0.717) is 17.3 Å². The van der Waals surface area contributed by atoms with Crippen molar-refractivity contribution < 1.29 is 18.8 Å². The summed E-state index contributed by atoms with van der Waals surface area (Å²) in [5.41, 5.74) is 1.23. The van der Waals surface area contributed by atoms with E-state index < -0.39 is 17.8 Å².